The van der Waals surface area contributed by atoms with Gasteiger partial charge in [0.15, 0.2) is 0 Å². The summed E-state index contributed by atoms with van der Waals surface area (Å²) in [4.78, 5) is 17.2. The minimum atomic E-state index is -3.29. The summed E-state index contributed by atoms with van der Waals surface area (Å²) in [6.45, 7) is 4.31. The highest BCUT2D eigenvalue weighted by Crippen LogP contribution is 2.27. The van der Waals surface area contributed by atoms with Gasteiger partial charge in [0, 0.05) is 44.3 Å². The number of hydrogen-bond acceptors (Lipinski definition) is 5. The number of hydrogen-bond donors (Lipinski definition) is 1. The molecule has 2 fully saturated rings. The summed E-state index contributed by atoms with van der Waals surface area (Å²) >= 11 is 0. The Morgan fingerprint density at radius 2 is 1.47 bits per heavy atom. The lowest BCUT2D eigenvalue weighted by atomic mass is 9.88. The summed E-state index contributed by atoms with van der Waals surface area (Å²) < 4.78 is 30.9. The minimum Gasteiger partial charge on any atom is -0.457 e. The van der Waals surface area contributed by atoms with E-state index < -0.39 is 10.0 Å². The van der Waals surface area contributed by atoms with Crippen LogP contribution in [0.4, 0.5) is 5.69 Å². The second kappa shape index (κ2) is 11.9. The fraction of sp³-hybridized carbons (Fsp3) is 0.480. The first-order valence-corrected chi connectivity index (χ1v) is 13.6. The first-order chi connectivity index (χ1) is 15.9. The van der Waals surface area contributed by atoms with Gasteiger partial charge in [-0.3, -0.25) is 14.4 Å². The van der Waals surface area contributed by atoms with Crippen LogP contribution in [0.2, 0.25) is 0 Å². The number of benzene rings is 2. The highest BCUT2D eigenvalue weighted by molar-refractivity contribution is 7.92. The fourth-order valence-corrected chi connectivity index (χ4v) is 5.16. The zero-order valence-electron chi connectivity index (χ0n) is 19.6. The van der Waals surface area contributed by atoms with Crippen LogP contribution < -0.4 is 9.46 Å². The molecule has 0 radical (unpaired) electrons. The van der Waals surface area contributed by atoms with Crippen LogP contribution in [0.25, 0.3) is 0 Å². The van der Waals surface area contributed by atoms with Crippen LogP contribution in [0, 0.1) is 5.92 Å². The quantitative estimate of drug-likeness (QED) is 0.597. The molecule has 7 nitrogen and oxygen atoms in total. The Bertz CT molecular complexity index is 1030. The van der Waals surface area contributed by atoms with Gasteiger partial charge in [-0.05, 0) is 54.8 Å². The molecule has 9 heteroatoms. The Labute approximate surface area is 208 Å². The summed E-state index contributed by atoms with van der Waals surface area (Å²) in [5.41, 5.74) is 1.71. The molecular weight excluding hydrogens is 474 g/mol. The molecule has 1 saturated carbocycles. The monoisotopic (exact) mass is 507 g/mol. The predicted octanol–water partition coefficient (Wildman–Crippen LogP) is 4.50. The summed E-state index contributed by atoms with van der Waals surface area (Å²) in [6.07, 6.45) is 6.92. The third-order valence-electron chi connectivity index (χ3n) is 6.36. The number of rotatable bonds is 7. The summed E-state index contributed by atoms with van der Waals surface area (Å²) in [5, 5.41) is 0. The molecule has 0 atom stereocenters. The van der Waals surface area contributed by atoms with E-state index in [4.69, 9.17) is 4.74 Å². The molecule has 0 spiro atoms. The molecule has 186 valence electrons. The lowest BCUT2D eigenvalue weighted by Gasteiger charge is -2.37. The van der Waals surface area contributed by atoms with Crippen molar-refractivity contribution in [2.24, 2.45) is 5.92 Å². The van der Waals surface area contributed by atoms with Crippen LogP contribution >= 0.6 is 12.4 Å². The van der Waals surface area contributed by atoms with Crippen LogP contribution in [0.1, 0.15) is 37.7 Å². The molecule has 0 aromatic heterocycles. The molecule has 2 aromatic carbocycles. The van der Waals surface area contributed by atoms with Crippen molar-refractivity contribution in [1.29, 1.82) is 0 Å². The molecule has 2 aromatic rings. The fourth-order valence-electron chi connectivity index (χ4n) is 4.60. The number of nitrogens with one attached hydrogen (secondary N) is 1. The van der Waals surface area contributed by atoms with E-state index in [2.05, 4.69) is 26.7 Å². The second-order valence-corrected chi connectivity index (χ2v) is 10.8. The highest BCUT2D eigenvalue weighted by Gasteiger charge is 2.28. The number of anilines is 1. The van der Waals surface area contributed by atoms with Gasteiger partial charge in [0.1, 0.15) is 11.5 Å². The highest BCUT2D eigenvalue weighted by atomic mass is 35.5. The first kappa shape index (κ1) is 26.3. The molecule has 4 rings (SSSR count). The molecule has 1 aliphatic heterocycles. The normalized spacial score (nSPS) is 17.6. The van der Waals surface area contributed by atoms with Gasteiger partial charge in [-0.25, -0.2) is 8.42 Å². The molecule has 2 aliphatic rings. The summed E-state index contributed by atoms with van der Waals surface area (Å²) in [7, 11) is -3.29. The van der Waals surface area contributed by atoms with Crippen molar-refractivity contribution < 1.29 is 17.9 Å². The van der Waals surface area contributed by atoms with Crippen LogP contribution in [0.5, 0.6) is 11.5 Å². The Balaban J connectivity index is 0.00000324. The minimum absolute atomic E-state index is 0. The molecule has 0 unspecified atom stereocenters. The van der Waals surface area contributed by atoms with E-state index in [9.17, 15) is 13.2 Å². The first-order valence-electron chi connectivity index (χ1n) is 11.7. The Kier molecular flexibility index (Phi) is 9.22. The number of ether oxygens (including phenoxy) is 1. The standard InChI is InChI=1S/C25H33N3O4S.ClH/c1-33(30,31)26-22-9-13-24(14-10-22)32-23-11-7-20(8-12-23)19-27-15-17-28(18-16-27)25(29)21-5-3-2-4-6-21;/h7-14,21,26H,2-6,15-19H2,1H3;1H. The number of carbonyl (C=O) groups excluding carboxylic acids is 1. The number of amides is 1. The van der Waals surface area contributed by atoms with Crippen molar-refractivity contribution >= 4 is 34.0 Å². The summed E-state index contributed by atoms with van der Waals surface area (Å²) in [6, 6.07) is 14.8. The van der Waals surface area contributed by atoms with Crippen molar-refractivity contribution in [2.75, 3.05) is 37.2 Å². The average molecular weight is 508 g/mol. The van der Waals surface area contributed by atoms with Crippen LogP contribution in [-0.2, 0) is 21.4 Å². The van der Waals surface area contributed by atoms with Gasteiger partial charge >= 0.3 is 0 Å². The van der Waals surface area contributed by atoms with Crippen molar-refractivity contribution in [3.63, 3.8) is 0 Å². The number of sulfonamides is 1. The molecule has 0 bridgehead atoms. The van der Waals surface area contributed by atoms with Gasteiger partial charge in [0.2, 0.25) is 15.9 Å². The lowest BCUT2D eigenvalue weighted by molar-refractivity contribution is -0.138. The zero-order valence-corrected chi connectivity index (χ0v) is 21.2. The Morgan fingerprint density at radius 3 is 2.03 bits per heavy atom. The Hall–Kier alpha value is -2.29. The number of halogens is 1. The van der Waals surface area contributed by atoms with Crippen molar-refractivity contribution in [3.8, 4) is 11.5 Å². The van der Waals surface area contributed by atoms with Gasteiger partial charge in [0.05, 0.1) is 6.26 Å². The zero-order chi connectivity index (χ0) is 23.3. The van der Waals surface area contributed by atoms with Crippen molar-refractivity contribution in [3.05, 3.63) is 54.1 Å². The summed E-state index contributed by atoms with van der Waals surface area (Å²) in [5.74, 6) is 1.99. The molecule has 1 amide bonds. The van der Waals surface area contributed by atoms with Gasteiger partial charge in [-0.1, -0.05) is 31.4 Å². The molecular formula is C25H34ClN3O4S. The maximum Gasteiger partial charge on any atom is 0.229 e. The maximum atomic E-state index is 12.7. The third-order valence-corrected chi connectivity index (χ3v) is 6.97. The van der Waals surface area contributed by atoms with Gasteiger partial charge in [-0.2, -0.15) is 0 Å². The predicted molar refractivity (Wildman–Crippen MR) is 137 cm³/mol. The van der Waals surface area contributed by atoms with Gasteiger partial charge in [0.25, 0.3) is 0 Å². The van der Waals surface area contributed by atoms with Crippen LogP contribution in [0.3, 0.4) is 0 Å². The van der Waals surface area contributed by atoms with E-state index in [1.807, 2.05) is 12.1 Å². The molecule has 1 heterocycles. The molecule has 34 heavy (non-hydrogen) atoms. The second-order valence-electron chi connectivity index (χ2n) is 9.08. The molecule has 1 saturated heterocycles. The number of carbonyl (C=O) groups is 1. The van der Waals surface area contributed by atoms with E-state index in [0.29, 0.717) is 17.3 Å². The largest absolute Gasteiger partial charge is 0.457 e. The van der Waals surface area contributed by atoms with Gasteiger partial charge < -0.3 is 9.64 Å². The van der Waals surface area contributed by atoms with Crippen molar-refractivity contribution in [1.82, 2.24) is 9.80 Å². The molecule has 1 N–H and O–H groups in total. The van der Waals surface area contributed by atoms with Crippen LogP contribution in [-0.4, -0.2) is 56.6 Å². The third kappa shape index (κ3) is 7.61. The van der Waals surface area contributed by atoms with E-state index in [-0.39, 0.29) is 18.3 Å². The number of piperazine rings is 1. The average Bonchev–Trinajstić information content (AvgIpc) is 2.81. The van der Waals surface area contributed by atoms with E-state index >= 15 is 0 Å². The molecule has 1 aliphatic carbocycles. The smallest absolute Gasteiger partial charge is 0.229 e. The van der Waals surface area contributed by atoms with E-state index in [1.54, 1.807) is 24.3 Å². The van der Waals surface area contributed by atoms with E-state index in [1.165, 1.54) is 24.8 Å². The number of nitrogens with zero attached hydrogens (tertiary/aromatic N) is 2. The van der Waals surface area contributed by atoms with E-state index in [0.717, 1.165) is 57.6 Å². The maximum absolute atomic E-state index is 12.7. The Morgan fingerprint density at radius 1 is 0.912 bits per heavy atom. The topological polar surface area (TPSA) is 79.0 Å². The lowest BCUT2D eigenvalue weighted by Crippen LogP contribution is -2.50. The van der Waals surface area contributed by atoms with Gasteiger partial charge in [-0.15, -0.1) is 12.4 Å². The van der Waals surface area contributed by atoms with Crippen LogP contribution in [0.15, 0.2) is 48.5 Å². The SMILES string of the molecule is CS(=O)(=O)Nc1ccc(Oc2ccc(CN3CCN(C(=O)C4CCCCC4)CC3)cc2)cc1.Cl. The van der Waals surface area contributed by atoms with Crippen molar-refractivity contribution in [2.45, 2.75) is 38.6 Å².